The average molecular weight is 256 g/mol. The van der Waals surface area contributed by atoms with E-state index in [1.807, 2.05) is 24.3 Å². The van der Waals surface area contributed by atoms with Crippen molar-refractivity contribution in [1.29, 1.82) is 0 Å². The second-order valence-electron chi connectivity index (χ2n) is 5.11. The first-order valence-electron chi connectivity index (χ1n) is 6.63. The maximum atomic E-state index is 11.0. The summed E-state index contributed by atoms with van der Waals surface area (Å²) in [6.45, 7) is 0.764. The number of hydrogen-bond donors (Lipinski definition) is 1. The Hall–Kier alpha value is -2.03. The van der Waals surface area contributed by atoms with E-state index in [1.54, 1.807) is 12.1 Å². The van der Waals surface area contributed by atoms with Gasteiger partial charge < -0.3 is 9.84 Å². The number of rotatable bonds is 4. The summed E-state index contributed by atoms with van der Waals surface area (Å²) >= 11 is 0. The predicted molar refractivity (Wildman–Crippen MR) is 73.7 cm³/mol. The van der Waals surface area contributed by atoms with Gasteiger partial charge in [-0.25, -0.2) is 4.79 Å². The van der Waals surface area contributed by atoms with E-state index in [0.717, 1.165) is 23.1 Å². The number of ether oxygens (including phenoxy) is 1. The third-order valence-electron chi connectivity index (χ3n) is 3.79. The van der Waals surface area contributed by atoms with E-state index in [1.165, 1.54) is 19.3 Å². The fourth-order valence-corrected chi connectivity index (χ4v) is 2.38. The fraction of sp³-hybridized carbons (Fsp3) is 0.312. The van der Waals surface area contributed by atoms with Gasteiger partial charge >= 0.3 is 5.97 Å². The summed E-state index contributed by atoms with van der Waals surface area (Å²) in [5, 5.41) is 10.9. The number of fused-ring (bicyclic) bond motifs is 1. The third-order valence-corrected chi connectivity index (χ3v) is 3.79. The third kappa shape index (κ3) is 2.41. The minimum Gasteiger partial charge on any atom is -0.493 e. The van der Waals surface area contributed by atoms with E-state index in [9.17, 15) is 4.79 Å². The molecule has 1 saturated carbocycles. The van der Waals surface area contributed by atoms with Crippen LogP contribution in [0, 0.1) is 5.92 Å². The number of aromatic carboxylic acids is 1. The standard InChI is InChI=1S/C16H16O3/c17-16(18)13-7-8-14-12(9-13)5-2-6-15(14)19-10-11-3-1-4-11/h2,5-9,11H,1,3-4,10H2,(H,17,18). The highest BCUT2D eigenvalue weighted by molar-refractivity contribution is 5.96. The number of carbonyl (C=O) groups is 1. The molecule has 2 aromatic carbocycles. The van der Waals surface area contributed by atoms with Crippen molar-refractivity contribution < 1.29 is 14.6 Å². The van der Waals surface area contributed by atoms with Crippen LogP contribution < -0.4 is 4.74 Å². The predicted octanol–water partition coefficient (Wildman–Crippen LogP) is 3.72. The van der Waals surface area contributed by atoms with Crippen LogP contribution in [0.2, 0.25) is 0 Å². The summed E-state index contributed by atoms with van der Waals surface area (Å²) in [7, 11) is 0. The van der Waals surface area contributed by atoms with Gasteiger partial charge in [-0.3, -0.25) is 0 Å². The minimum atomic E-state index is -0.900. The zero-order valence-corrected chi connectivity index (χ0v) is 10.6. The largest absolute Gasteiger partial charge is 0.493 e. The lowest BCUT2D eigenvalue weighted by atomic mass is 9.86. The molecule has 0 aliphatic heterocycles. The van der Waals surface area contributed by atoms with Crippen LogP contribution >= 0.6 is 0 Å². The highest BCUT2D eigenvalue weighted by atomic mass is 16.5. The van der Waals surface area contributed by atoms with E-state index < -0.39 is 5.97 Å². The molecule has 0 spiro atoms. The second kappa shape index (κ2) is 4.92. The molecule has 1 aliphatic rings. The average Bonchev–Trinajstić information content (AvgIpc) is 2.36. The molecule has 0 bridgehead atoms. The Morgan fingerprint density at radius 1 is 1.26 bits per heavy atom. The first kappa shape index (κ1) is 12.0. The van der Waals surface area contributed by atoms with E-state index in [4.69, 9.17) is 9.84 Å². The Morgan fingerprint density at radius 3 is 2.79 bits per heavy atom. The van der Waals surface area contributed by atoms with Crippen molar-refractivity contribution in [2.75, 3.05) is 6.61 Å². The topological polar surface area (TPSA) is 46.5 Å². The maximum absolute atomic E-state index is 11.0. The monoisotopic (exact) mass is 256 g/mol. The highest BCUT2D eigenvalue weighted by Gasteiger charge is 2.18. The molecule has 3 heteroatoms. The summed E-state index contributed by atoms with van der Waals surface area (Å²) in [5.41, 5.74) is 0.309. The van der Waals surface area contributed by atoms with E-state index >= 15 is 0 Å². The molecule has 0 atom stereocenters. The van der Waals surface area contributed by atoms with Gasteiger partial charge in [0.05, 0.1) is 12.2 Å². The zero-order chi connectivity index (χ0) is 13.2. The van der Waals surface area contributed by atoms with Crippen molar-refractivity contribution in [2.24, 2.45) is 5.92 Å². The van der Waals surface area contributed by atoms with E-state index in [-0.39, 0.29) is 0 Å². The molecular formula is C16H16O3. The lowest BCUT2D eigenvalue weighted by molar-refractivity contribution is 0.0697. The Labute approximate surface area is 111 Å². The van der Waals surface area contributed by atoms with Gasteiger partial charge in [0, 0.05) is 5.39 Å². The summed E-state index contributed by atoms with van der Waals surface area (Å²) in [4.78, 5) is 11.0. The number of benzene rings is 2. The van der Waals surface area contributed by atoms with Gasteiger partial charge in [0.25, 0.3) is 0 Å². The molecule has 19 heavy (non-hydrogen) atoms. The van der Waals surface area contributed by atoms with Crippen LogP contribution in [0.25, 0.3) is 10.8 Å². The normalized spacial score (nSPS) is 15.2. The van der Waals surface area contributed by atoms with Crippen LogP contribution in [0.4, 0.5) is 0 Å². The van der Waals surface area contributed by atoms with E-state index in [0.29, 0.717) is 11.5 Å². The summed E-state index contributed by atoms with van der Waals surface area (Å²) in [6.07, 6.45) is 3.83. The number of carboxylic acids is 1. The molecular weight excluding hydrogens is 240 g/mol. The van der Waals surface area contributed by atoms with Crippen LogP contribution in [-0.2, 0) is 0 Å². The van der Waals surface area contributed by atoms with Crippen molar-refractivity contribution in [3.8, 4) is 5.75 Å². The molecule has 98 valence electrons. The van der Waals surface area contributed by atoms with Crippen molar-refractivity contribution in [3.05, 3.63) is 42.0 Å². The molecule has 0 heterocycles. The number of hydrogen-bond acceptors (Lipinski definition) is 2. The van der Waals surface area contributed by atoms with Gasteiger partial charge in [0.1, 0.15) is 5.75 Å². The molecule has 0 saturated heterocycles. The van der Waals surface area contributed by atoms with Gasteiger partial charge in [-0.1, -0.05) is 18.6 Å². The van der Waals surface area contributed by atoms with Crippen LogP contribution in [0.3, 0.4) is 0 Å². The van der Waals surface area contributed by atoms with Gasteiger partial charge in [0.15, 0.2) is 0 Å². The van der Waals surface area contributed by atoms with Gasteiger partial charge in [-0.05, 0) is 48.4 Å². The quantitative estimate of drug-likeness (QED) is 0.906. The van der Waals surface area contributed by atoms with Gasteiger partial charge in [-0.2, -0.15) is 0 Å². The molecule has 1 fully saturated rings. The molecule has 3 rings (SSSR count). The second-order valence-corrected chi connectivity index (χ2v) is 5.11. The van der Waals surface area contributed by atoms with Crippen molar-refractivity contribution in [3.63, 3.8) is 0 Å². The van der Waals surface area contributed by atoms with Crippen molar-refractivity contribution >= 4 is 16.7 Å². The van der Waals surface area contributed by atoms with Crippen molar-refractivity contribution in [1.82, 2.24) is 0 Å². The summed E-state index contributed by atoms with van der Waals surface area (Å²) in [5.74, 6) is 0.637. The maximum Gasteiger partial charge on any atom is 0.335 e. The van der Waals surface area contributed by atoms with Gasteiger partial charge in [-0.15, -0.1) is 0 Å². The van der Waals surface area contributed by atoms with Crippen LogP contribution in [-0.4, -0.2) is 17.7 Å². The number of carboxylic acid groups (broad SMARTS) is 1. The molecule has 3 nitrogen and oxygen atoms in total. The molecule has 0 radical (unpaired) electrons. The summed E-state index contributed by atoms with van der Waals surface area (Å²) in [6, 6.07) is 10.9. The van der Waals surface area contributed by atoms with E-state index in [2.05, 4.69) is 0 Å². The molecule has 2 aromatic rings. The first-order valence-corrected chi connectivity index (χ1v) is 6.63. The summed E-state index contributed by atoms with van der Waals surface area (Å²) < 4.78 is 5.88. The lowest BCUT2D eigenvalue weighted by Gasteiger charge is -2.25. The molecule has 1 N–H and O–H groups in total. The molecule has 0 unspecified atom stereocenters. The van der Waals surface area contributed by atoms with Crippen LogP contribution in [0.15, 0.2) is 36.4 Å². The first-order chi connectivity index (χ1) is 9.24. The van der Waals surface area contributed by atoms with Crippen molar-refractivity contribution in [2.45, 2.75) is 19.3 Å². The molecule has 1 aliphatic carbocycles. The highest BCUT2D eigenvalue weighted by Crippen LogP contribution is 2.30. The van der Waals surface area contributed by atoms with Crippen LogP contribution in [0.5, 0.6) is 5.75 Å². The Balaban J connectivity index is 1.89. The zero-order valence-electron chi connectivity index (χ0n) is 10.6. The fourth-order valence-electron chi connectivity index (χ4n) is 2.38. The molecule has 0 amide bonds. The smallest absolute Gasteiger partial charge is 0.335 e. The van der Waals surface area contributed by atoms with Crippen LogP contribution in [0.1, 0.15) is 29.6 Å². The Bertz CT molecular complexity index is 614. The molecule has 0 aromatic heterocycles. The SMILES string of the molecule is O=C(O)c1ccc2c(OCC3CCC3)cccc2c1. The lowest BCUT2D eigenvalue weighted by Crippen LogP contribution is -2.19. The Kier molecular flexibility index (Phi) is 3.11. The minimum absolute atomic E-state index is 0.309. The van der Waals surface area contributed by atoms with Gasteiger partial charge in [0.2, 0.25) is 0 Å². The Morgan fingerprint density at radius 2 is 2.11 bits per heavy atom.